The van der Waals surface area contributed by atoms with E-state index in [1.54, 1.807) is 48.5 Å². The maximum atomic E-state index is 12.2. The highest BCUT2D eigenvalue weighted by Gasteiger charge is 2.19. The number of nitrogens with zero attached hydrogens (tertiary/aromatic N) is 1. The lowest BCUT2D eigenvalue weighted by molar-refractivity contribution is -0.139. The number of rotatable bonds is 10. The molecule has 0 saturated carbocycles. The third kappa shape index (κ3) is 7.89. The fraction of sp³-hybridized carbons (Fsp3) is 0.333. The van der Waals surface area contributed by atoms with Gasteiger partial charge in [-0.05, 0) is 56.2 Å². The molecule has 0 unspecified atom stereocenters. The van der Waals surface area contributed by atoms with Crippen LogP contribution in [0.5, 0.6) is 11.5 Å². The van der Waals surface area contributed by atoms with E-state index in [0.29, 0.717) is 30.2 Å². The number of hydrogen-bond donors (Lipinski definition) is 3. The van der Waals surface area contributed by atoms with E-state index < -0.39 is 11.8 Å². The SMILES string of the molecule is CCOc1ccc(NC(=O)COc2ccccc2/C=N\NC(=O)C(=O)NC[C@H]2CCCO2)cc1. The highest BCUT2D eigenvalue weighted by Crippen LogP contribution is 2.17. The van der Waals surface area contributed by atoms with Gasteiger partial charge in [0.2, 0.25) is 0 Å². The zero-order chi connectivity index (χ0) is 24.2. The Bertz CT molecular complexity index is 1000. The first-order valence-electron chi connectivity index (χ1n) is 11.0. The molecule has 2 aromatic carbocycles. The first kappa shape index (κ1) is 24.7. The molecule has 1 aliphatic rings. The fourth-order valence-electron chi connectivity index (χ4n) is 3.16. The number of carbonyl (C=O) groups excluding carboxylic acids is 3. The minimum atomic E-state index is -0.887. The summed E-state index contributed by atoms with van der Waals surface area (Å²) in [6.07, 6.45) is 3.08. The maximum absolute atomic E-state index is 12.2. The predicted octanol–water partition coefficient (Wildman–Crippen LogP) is 1.85. The summed E-state index contributed by atoms with van der Waals surface area (Å²) in [5.41, 5.74) is 3.32. The summed E-state index contributed by atoms with van der Waals surface area (Å²) in [7, 11) is 0. The van der Waals surface area contributed by atoms with Crippen molar-refractivity contribution in [3.05, 3.63) is 54.1 Å². The van der Waals surface area contributed by atoms with E-state index in [9.17, 15) is 14.4 Å². The van der Waals surface area contributed by atoms with Crippen molar-refractivity contribution in [1.29, 1.82) is 0 Å². The average molecular weight is 469 g/mol. The lowest BCUT2D eigenvalue weighted by Gasteiger charge is -2.10. The van der Waals surface area contributed by atoms with E-state index in [2.05, 4.69) is 21.2 Å². The van der Waals surface area contributed by atoms with Gasteiger partial charge in [0, 0.05) is 24.4 Å². The third-order valence-corrected chi connectivity index (χ3v) is 4.82. The van der Waals surface area contributed by atoms with E-state index in [1.807, 2.05) is 6.92 Å². The highest BCUT2D eigenvalue weighted by atomic mass is 16.5. The largest absolute Gasteiger partial charge is 0.494 e. The normalized spacial score (nSPS) is 15.0. The number of para-hydroxylation sites is 1. The van der Waals surface area contributed by atoms with Gasteiger partial charge in [-0.3, -0.25) is 14.4 Å². The van der Waals surface area contributed by atoms with Gasteiger partial charge in [0.25, 0.3) is 5.91 Å². The standard InChI is InChI=1S/C24H28N4O6/c1-2-32-19-11-9-18(10-12-19)27-22(29)16-34-21-8-4-3-6-17(21)14-26-28-24(31)23(30)25-15-20-7-5-13-33-20/h3-4,6,8-12,14,20H,2,5,7,13,15-16H2,1H3,(H,25,30)(H,27,29)(H,28,31)/b26-14-/t20-/m1/s1. The van der Waals surface area contributed by atoms with Crippen molar-refractivity contribution in [3.8, 4) is 11.5 Å². The van der Waals surface area contributed by atoms with Gasteiger partial charge in [-0.15, -0.1) is 0 Å². The predicted molar refractivity (Wildman–Crippen MR) is 126 cm³/mol. The topological polar surface area (TPSA) is 127 Å². The number of nitrogens with one attached hydrogen (secondary N) is 3. The number of hydrogen-bond acceptors (Lipinski definition) is 7. The van der Waals surface area contributed by atoms with Crippen molar-refractivity contribution in [2.45, 2.75) is 25.9 Å². The molecule has 3 N–H and O–H groups in total. The Morgan fingerprint density at radius 2 is 1.88 bits per heavy atom. The van der Waals surface area contributed by atoms with Crippen molar-refractivity contribution >= 4 is 29.6 Å². The maximum Gasteiger partial charge on any atom is 0.329 e. The molecule has 0 radical (unpaired) electrons. The van der Waals surface area contributed by atoms with Crippen molar-refractivity contribution in [1.82, 2.24) is 10.7 Å². The monoisotopic (exact) mass is 468 g/mol. The molecule has 0 spiro atoms. The second-order valence-corrected chi connectivity index (χ2v) is 7.38. The fourth-order valence-corrected chi connectivity index (χ4v) is 3.16. The number of hydrazone groups is 1. The second kappa shape index (κ2) is 12.9. The molecular weight excluding hydrogens is 440 g/mol. The number of anilines is 1. The van der Waals surface area contributed by atoms with Crippen molar-refractivity contribution in [3.63, 3.8) is 0 Å². The summed E-state index contributed by atoms with van der Waals surface area (Å²) in [6, 6.07) is 13.9. The molecule has 0 aliphatic carbocycles. The molecule has 3 rings (SSSR count). The molecule has 1 heterocycles. The molecule has 10 heteroatoms. The van der Waals surface area contributed by atoms with Gasteiger partial charge in [0.15, 0.2) is 6.61 Å². The zero-order valence-corrected chi connectivity index (χ0v) is 18.9. The molecule has 1 fully saturated rings. The Balaban J connectivity index is 1.45. The molecule has 0 bridgehead atoms. The molecule has 180 valence electrons. The van der Waals surface area contributed by atoms with Crippen LogP contribution in [0.25, 0.3) is 0 Å². The van der Waals surface area contributed by atoms with Gasteiger partial charge in [-0.25, -0.2) is 5.43 Å². The van der Waals surface area contributed by atoms with E-state index in [4.69, 9.17) is 14.2 Å². The second-order valence-electron chi connectivity index (χ2n) is 7.38. The van der Waals surface area contributed by atoms with E-state index in [1.165, 1.54) is 6.21 Å². The summed E-state index contributed by atoms with van der Waals surface area (Å²) >= 11 is 0. The summed E-state index contributed by atoms with van der Waals surface area (Å²) in [6.45, 7) is 3.19. The molecule has 1 aliphatic heterocycles. The van der Waals surface area contributed by atoms with E-state index in [-0.39, 0.29) is 25.2 Å². The van der Waals surface area contributed by atoms with Crippen LogP contribution < -0.4 is 25.5 Å². The van der Waals surface area contributed by atoms with E-state index in [0.717, 1.165) is 18.6 Å². The van der Waals surface area contributed by atoms with Crippen LogP contribution in [0.1, 0.15) is 25.3 Å². The molecule has 2 aromatic rings. The molecule has 34 heavy (non-hydrogen) atoms. The van der Waals surface area contributed by atoms with Crippen LogP contribution in [0.2, 0.25) is 0 Å². The smallest absolute Gasteiger partial charge is 0.329 e. The van der Waals surface area contributed by atoms with Crippen LogP contribution >= 0.6 is 0 Å². The van der Waals surface area contributed by atoms with Gasteiger partial charge in [0.1, 0.15) is 11.5 Å². The van der Waals surface area contributed by atoms with Crippen LogP contribution in [0.3, 0.4) is 0 Å². The number of amides is 3. The molecule has 0 aromatic heterocycles. The third-order valence-electron chi connectivity index (χ3n) is 4.82. The first-order chi connectivity index (χ1) is 16.5. The van der Waals surface area contributed by atoms with Gasteiger partial charge in [-0.1, -0.05) is 12.1 Å². The summed E-state index contributed by atoms with van der Waals surface area (Å²) in [5.74, 6) is -0.903. The lowest BCUT2D eigenvalue weighted by atomic mass is 10.2. The van der Waals surface area contributed by atoms with Crippen molar-refractivity contribution in [2.24, 2.45) is 5.10 Å². The first-order valence-corrected chi connectivity index (χ1v) is 11.0. The van der Waals surface area contributed by atoms with Crippen LogP contribution in [0.15, 0.2) is 53.6 Å². The van der Waals surface area contributed by atoms with Gasteiger partial charge < -0.3 is 24.8 Å². The molecular formula is C24H28N4O6. The average Bonchev–Trinajstić information content (AvgIpc) is 3.37. The Kier molecular flexibility index (Phi) is 9.41. The minimum Gasteiger partial charge on any atom is -0.494 e. The van der Waals surface area contributed by atoms with Gasteiger partial charge in [0.05, 0.1) is 18.9 Å². The number of carbonyl (C=O) groups is 3. The summed E-state index contributed by atoms with van der Waals surface area (Å²) in [4.78, 5) is 36.0. The van der Waals surface area contributed by atoms with Crippen LogP contribution in [0.4, 0.5) is 5.69 Å². The summed E-state index contributed by atoms with van der Waals surface area (Å²) < 4.78 is 16.4. The van der Waals surface area contributed by atoms with Crippen molar-refractivity contribution in [2.75, 3.05) is 31.7 Å². The molecule has 1 saturated heterocycles. The van der Waals surface area contributed by atoms with E-state index >= 15 is 0 Å². The summed E-state index contributed by atoms with van der Waals surface area (Å²) in [5, 5.41) is 9.07. The Hall–Kier alpha value is -3.92. The van der Waals surface area contributed by atoms with Gasteiger partial charge >= 0.3 is 11.8 Å². The molecule has 10 nitrogen and oxygen atoms in total. The zero-order valence-electron chi connectivity index (χ0n) is 18.9. The Morgan fingerprint density at radius 1 is 1.09 bits per heavy atom. The van der Waals surface area contributed by atoms with Crippen LogP contribution in [0, 0.1) is 0 Å². The minimum absolute atomic E-state index is 0.0593. The number of benzene rings is 2. The van der Waals surface area contributed by atoms with Crippen molar-refractivity contribution < 1.29 is 28.6 Å². The number of ether oxygens (including phenoxy) is 3. The Morgan fingerprint density at radius 3 is 2.62 bits per heavy atom. The van der Waals surface area contributed by atoms with Gasteiger partial charge in [-0.2, -0.15) is 5.10 Å². The van der Waals surface area contributed by atoms with Crippen LogP contribution in [-0.4, -0.2) is 56.4 Å². The molecule has 3 amide bonds. The quantitative estimate of drug-likeness (QED) is 0.277. The lowest BCUT2D eigenvalue weighted by Crippen LogP contribution is -2.41. The Labute approximate surface area is 197 Å². The van der Waals surface area contributed by atoms with Crippen LogP contribution in [-0.2, 0) is 19.1 Å². The molecule has 1 atom stereocenters. The highest BCUT2D eigenvalue weighted by molar-refractivity contribution is 6.35.